The minimum atomic E-state index is -4.48. The molecule has 2 aromatic carbocycles. The Balaban J connectivity index is 1.83. The Labute approximate surface area is 164 Å². The third kappa shape index (κ3) is 7.49. The average Bonchev–Trinajstić information content (AvgIpc) is 2.65. The van der Waals surface area contributed by atoms with Crippen molar-refractivity contribution in [1.29, 1.82) is 0 Å². The second-order valence-corrected chi connectivity index (χ2v) is 5.87. The highest BCUT2D eigenvalue weighted by molar-refractivity contribution is 5.95. The van der Waals surface area contributed by atoms with Crippen molar-refractivity contribution in [3.8, 4) is 0 Å². The molecule has 9 heteroatoms. The number of hydrogen-bond donors (Lipinski definition) is 2. The number of benzene rings is 2. The molecule has 0 heterocycles. The van der Waals surface area contributed by atoms with E-state index in [9.17, 15) is 27.6 Å². The Hall–Kier alpha value is -3.62. The van der Waals surface area contributed by atoms with Crippen LogP contribution in [0.1, 0.15) is 18.1 Å². The van der Waals surface area contributed by atoms with Gasteiger partial charge in [0.2, 0.25) is 5.91 Å². The van der Waals surface area contributed by atoms with Crippen molar-refractivity contribution in [2.75, 3.05) is 17.2 Å². The summed E-state index contributed by atoms with van der Waals surface area (Å²) in [5.74, 6) is -1.71. The summed E-state index contributed by atoms with van der Waals surface area (Å²) in [7, 11) is 0. The highest BCUT2D eigenvalue weighted by Crippen LogP contribution is 2.29. The first-order valence-corrected chi connectivity index (χ1v) is 8.33. The van der Waals surface area contributed by atoms with Crippen LogP contribution in [-0.4, -0.2) is 24.4 Å². The zero-order valence-corrected chi connectivity index (χ0v) is 15.2. The monoisotopic (exact) mass is 406 g/mol. The van der Waals surface area contributed by atoms with E-state index in [-0.39, 0.29) is 11.5 Å². The van der Waals surface area contributed by atoms with Crippen LogP contribution in [0.5, 0.6) is 0 Å². The number of carbonyl (C=O) groups excluding carboxylic acids is 3. The molecule has 0 radical (unpaired) electrons. The summed E-state index contributed by atoms with van der Waals surface area (Å²) >= 11 is 0. The number of rotatable bonds is 6. The van der Waals surface area contributed by atoms with Crippen LogP contribution in [0.15, 0.2) is 54.6 Å². The molecule has 0 unspecified atom stereocenters. The van der Waals surface area contributed by atoms with Gasteiger partial charge < -0.3 is 15.4 Å². The normalized spacial score (nSPS) is 11.2. The molecule has 0 bridgehead atoms. The Morgan fingerprint density at radius 3 is 2.21 bits per heavy atom. The molecule has 0 aliphatic rings. The van der Waals surface area contributed by atoms with E-state index in [1.165, 1.54) is 19.1 Å². The van der Waals surface area contributed by atoms with E-state index in [2.05, 4.69) is 10.6 Å². The minimum absolute atomic E-state index is 0.167. The Kier molecular flexibility index (Phi) is 7.13. The number of halogens is 3. The molecule has 152 valence electrons. The first kappa shape index (κ1) is 21.7. The minimum Gasteiger partial charge on any atom is -0.452 e. The predicted molar refractivity (Wildman–Crippen MR) is 101 cm³/mol. The standard InChI is InChI=1S/C20H17F3N2O4/c1-13(26)24-16-6-8-17(9-7-16)25-18(27)12-29-19(28)10-5-14-3-2-4-15(11-14)20(21,22)23/h2-11H,12H2,1H3,(H,24,26)(H,25,27)/b10-5+. The van der Waals surface area contributed by atoms with E-state index >= 15 is 0 Å². The Bertz CT molecular complexity index is 922. The molecule has 0 atom stereocenters. The van der Waals surface area contributed by atoms with Crippen molar-refractivity contribution < 1.29 is 32.3 Å². The van der Waals surface area contributed by atoms with Crippen molar-refractivity contribution in [2.45, 2.75) is 13.1 Å². The number of amides is 2. The summed E-state index contributed by atoms with van der Waals surface area (Å²) in [5.41, 5.74) is 0.318. The fourth-order valence-electron chi connectivity index (χ4n) is 2.20. The lowest BCUT2D eigenvalue weighted by atomic mass is 10.1. The summed E-state index contributed by atoms with van der Waals surface area (Å²) in [5, 5.41) is 5.07. The lowest BCUT2D eigenvalue weighted by molar-refractivity contribution is -0.142. The van der Waals surface area contributed by atoms with Crippen LogP contribution in [0.2, 0.25) is 0 Å². The first-order valence-electron chi connectivity index (χ1n) is 8.33. The first-order chi connectivity index (χ1) is 13.6. The summed E-state index contributed by atoms with van der Waals surface area (Å²) in [6, 6.07) is 10.7. The topological polar surface area (TPSA) is 84.5 Å². The van der Waals surface area contributed by atoms with Gasteiger partial charge in [-0.1, -0.05) is 12.1 Å². The van der Waals surface area contributed by atoms with Gasteiger partial charge in [-0.2, -0.15) is 13.2 Å². The van der Waals surface area contributed by atoms with E-state index < -0.39 is 30.2 Å². The van der Waals surface area contributed by atoms with Crippen LogP contribution in [0, 0.1) is 0 Å². The summed E-state index contributed by atoms with van der Waals surface area (Å²) in [6.45, 7) is 0.796. The summed E-state index contributed by atoms with van der Waals surface area (Å²) < 4.78 is 42.7. The molecule has 0 fully saturated rings. The Morgan fingerprint density at radius 2 is 1.62 bits per heavy atom. The van der Waals surface area contributed by atoms with Gasteiger partial charge in [0.25, 0.3) is 5.91 Å². The van der Waals surface area contributed by atoms with E-state index in [0.29, 0.717) is 11.4 Å². The van der Waals surface area contributed by atoms with E-state index in [4.69, 9.17) is 4.74 Å². The van der Waals surface area contributed by atoms with Crippen LogP contribution in [-0.2, 0) is 25.3 Å². The van der Waals surface area contributed by atoms with Crippen LogP contribution < -0.4 is 10.6 Å². The quantitative estimate of drug-likeness (QED) is 0.564. The molecule has 29 heavy (non-hydrogen) atoms. The number of alkyl halides is 3. The smallest absolute Gasteiger partial charge is 0.416 e. The fourth-order valence-corrected chi connectivity index (χ4v) is 2.20. The van der Waals surface area contributed by atoms with Gasteiger partial charge in [0.15, 0.2) is 6.61 Å². The van der Waals surface area contributed by atoms with Gasteiger partial charge >= 0.3 is 12.1 Å². The average molecular weight is 406 g/mol. The third-order valence-corrected chi connectivity index (χ3v) is 3.46. The third-order valence-electron chi connectivity index (χ3n) is 3.46. The van der Waals surface area contributed by atoms with E-state index in [0.717, 1.165) is 24.3 Å². The summed E-state index contributed by atoms with van der Waals surface area (Å²) in [4.78, 5) is 34.4. The number of hydrogen-bond acceptors (Lipinski definition) is 4. The van der Waals surface area contributed by atoms with Crippen LogP contribution >= 0.6 is 0 Å². The maximum absolute atomic E-state index is 12.7. The van der Waals surface area contributed by atoms with Gasteiger partial charge in [-0.25, -0.2) is 4.79 Å². The fraction of sp³-hybridized carbons (Fsp3) is 0.150. The SMILES string of the molecule is CC(=O)Nc1ccc(NC(=O)COC(=O)/C=C/c2cccc(C(F)(F)F)c2)cc1. The molecule has 0 spiro atoms. The highest BCUT2D eigenvalue weighted by atomic mass is 19.4. The maximum atomic E-state index is 12.7. The molecule has 0 aliphatic heterocycles. The summed E-state index contributed by atoms with van der Waals surface area (Å²) in [6.07, 6.45) is -2.38. The Morgan fingerprint density at radius 1 is 1.00 bits per heavy atom. The molecule has 2 rings (SSSR count). The van der Waals surface area contributed by atoms with Crippen molar-refractivity contribution in [3.63, 3.8) is 0 Å². The molecular weight excluding hydrogens is 389 g/mol. The van der Waals surface area contributed by atoms with Crippen molar-refractivity contribution in [1.82, 2.24) is 0 Å². The van der Waals surface area contributed by atoms with Gasteiger partial charge in [-0.3, -0.25) is 9.59 Å². The number of esters is 1. The zero-order valence-electron chi connectivity index (χ0n) is 15.2. The molecule has 2 amide bonds. The van der Waals surface area contributed by atoms with Gasteiger partial charge in [-0.05, 0) is 48.0 Å². The van der Waals surface area contributed by atoms with Crippen molar-refractivity contribution in [2.24, 2.45) is 0 Å². The molecule has 0 aromatic heterocycles. The second kappa shape index (κ2) is 9.54. The largest absolute Gasteiger partial charge is 0.452 e. The van der Waals surface area contributed by atoms with E-state index in [1.54, 1.807) is 24.3 Å². The molecule has 2 aromatic rings. The van der Waals surface area contributed by atoms with Crippen molar-refractivity contribution >= 4 is 35.2 Å². The van der Waals surface area contributed by atoms with E-state index in [1.807, 2.05) is 0 Å². The molecule has 0 saturated carbocycles. The molecule has 2 N–H and O–H groups in total. The lowest BCUT2D eigenvalue weighted by Crippen LogP contribution is -2.20. The predicted octanol–water partition coefficient (Wildman–Crippen LogP) is 3.86. The van der Waals surface area contributed by atoms with Crippen LogP contribution in [0.4, 0.5) is 24.5 Å². The number of nitrogens with one attached hydrogen (secondary N) is 2. The van der Waals surface area contributed by atoms with Crippen molar-refractivity contribution in [3.05, 3.63) is 65.7 Å². The molecule has 6 nitrogen and oxygen atoms in total. The lowest BCUT2D eigenvalue weighted by Gasteiger charge is -2.07. The van der Waals surface area contributed by atoms with Crippen LogP contribution in [0.25, 0.3) is 6.08 Å². The highest BCUT2D eigenvalue weighted by Gasteiger charge is 2.30. The van der Waals surface area contributed by atoms with Gasteiger partial charge in [0.1, 0.15) is 0 Å². The maximum Gasteiger partial charge on any atom is 0.416 e. The zero-order chi connectivity index (χ0) is 21.4. The number of carbonyl (C=O) groups is 3. The molecule has 0 aliphatic carbocycles. The molecule has 0 saturated heterocycles. The van der Waals surface area contributed by atoms with Gasteiger partial charge in [0.05, 0.1) is 5.56 Å². The number of anilines is 2. The molecular formula is C20H17F3N2O4. The van der Waals surface area contributed by atoms with Gasteiger partial charge in [-0.15, -0.1) is 0 Å². The van der Waals surface area contributed by atoms with Crippen LogP contribution in [0.3, 0.4) is 0 Å². The number of ether oxygens (including phenoxy) is 1. The second-order valence-electron chi connectivity index (χ2n) is 5.87. The van der Waals surface area contributed by atoms with Gasteiger partial charge in [0, 0.05) is 24.4 Å².